The maximum atomic E-state index is 13.3. The lowest BCUT2D eigenvalue weighted by atomic mass is 9.94. The molecule has 0 bridgehead atoms. The summed E-state index contributed by atoms with van der Waals surface area (Å²) < 4.78 is 0. The first-order valence-corrected chi connectivity index (χ1v) is 9.41. The van der Waals surface area contributed by atoms with Crippen molar-refractivity contribution >= 4 is 28.4 Å². The summed E-state index contributed by atoms with van der Waals surface area (Å²) in [6.07, 6.45) is -0.137. The second-order valence-corrected chi connectivity index (χ2v) is 7.42. The molecule has 2 aromatic carbocycles. The first-order chi connectivity index (χ1) is 13.1. The molecule has 3 aromatic rings. The number of H-pyrrole nitrogens is 1. The maximum Gasteiger partial charge on any atom is 0.271 e. The Labute approximate surface area is 162 Å². The van der Waals surface area contributed by atoms with Crippen molar-refractivity contribution in [2.45, 2.75) is 12.5 Å². The molecule has 0 radical (unpaired) electrons. The third-order valence-corrected chi connectivity index (χ3v) is 5.52. The second-order valence-electron chi connectivity index (χ2n) is 6.98. The number of carbonyl (C=O) groups excluding carboxylic acids is 1. The normalized spacial score (nSPS) is 20.2. The number of hydrogen-bond donors (Lipinski definition) is 3. The van der Waals surface area contributed by atoms with E-state index in [0.717, 1.165) is 22.0 Å². The van der Waals surface area contributed by atoms with Crippen LogP contribution in [0.5, 0.6) is 0 Å². The maximum absolute atomic E-state index is 13.3. The summed E-state index contributed by atoms with van der Waals surface area (Å²) in [6.45, 7) is 0.656. The van der Waals surface area contributed by atoms with Crippen LogP contribution in [0.4, 0.5) is 0 Å². The van der Waals surface area contributed by atoms with E-state index in [2.05, 4.69) is 4.98 Å². The molecular formula is C21H21ClN2O3. The lowest BCUT2D eigenvalue weighted by Crippen LogP contribution is -2.47. The van der Waals surface area contributed by atoms with Crippen LogP contribution in [-0.4, -0.2) is 51.8 Å². The third kappa shape index (κ3) is 3.34. The molecule has 1 aliphatic heterocycles. The number of aromatic amines is 1. The number of carbonyl (C=O) groups is 1. The minimum absolute atomic E-state index is 0.0661. The number of fused-ring (bicyclic) bond motifs is 1. The number of β-amino-alcohol motifs (C(OH)–C–C–N with tert-alkyl or cyclic N) is 1. The van der Waals surface area contributed by atoms with Crippen molar-refractivity contribution in [3.8, 4) is 11.1 Å². The van der Waals surface area contributed by atoms with Crippen LogP contribution in [0.25, 0.3) is 22.0 Å². The van der Waals surface area contributed by atoms with E-state index < -0.39 is 6.10 Å². The smallest absolute Gasteiger partial charge is 0.271 e. The molecule has 1 amide bonds. The van der Waals surface area contributed by atoms with Crippen molar-refractivity contribution in [3.05, 3.63) is 59.2 Å². The Morgan fingerprint density at radius 1 is 1.22 bits per heavy atom. The van der Waals surface area contributed by atoms with Gasteiger partial charge in [0.15, 0.2) is 0 Å². The van der Waals surface area contributed by atoms with Crippen molar-refractivity contribution < 1.29 is 15.0 Å². The van der Waals surface area contributed by atoms with Crippen molar-refractivity contribution in [3.63, 3.8) is 0 Å². The summed E-state index contributed by atoms with van der Waals surface area (Å²) >= 11 is 6.20. The highest BCUT2D eigenvalue weighted by atomic mass is 35.5. The lowest BCUT2D eigenvalue weighted by Gasteiger charge is -2.35. The number of aliphatic hydroxyl groups is 2. The van der Waals surface area contributed by atoms with Gasteiger partial charge in [-0.1, -0.05) is 41.9 Å². The van der Waals surface area contributed by atoms with Gasteiger partial charge in [0, 0.05) is 47.1 Å². The molecule has 0 spiro atoms. The first kappa shape index (κ1) is 18.0. The Morgan fingerprint density at radius 2 is 2.00 bits per heavy atom. The summed E-state index contributed by atoms with van der Waals surface area (Å²) in [7, 11) is 0. The van der Waals surface area contributed by atoms with Crippen LogP contribution in [0.2, 0.25) is 5.02 Å². The number of piperidine rings is 1. The largest absolute Gasteiger partial charge is 0.396 e. The zero-order chi connectivity index (χ0) is 19.0. The van der Waals surface area contributed by atoms with Crippen molar-refractivity contribution in [2.75, 3.05) is 19.7 Å². The fraction of sp³-hybridized carbons (Fsp3) is 0.286. The minimum atomic E-state index is -0.716. The first-order valence-electron chi connectivity index (χ1n) is 9.03. The number of halogens is 1. The number of aromatic nitrogens is 1. The van der Waals surface area contributed by atoms with Crippen molar-refractivity contribution in [2.24, 2.45) is 5.92 Å². The second kappa shape index (κ2) is 7.35. The fourth-order valence-electron chi connectivity index (χ4n) is 3.76. The van der Waals surface area contributed by atoms with E-state index in [4.69, 9.17) is 11.6 Å². The van der Waals surface area contributed by atoms with Gasteiger partial charge in [-0.05, 0) is 30.2 Å². The van der Waals surface area contributed by atoms with Crippen LogP contribution in [0.15, 0.2) is 48.5 Å². The molecule has 0 aliphatic carbocycles. The molecule has 6 heteroatoms. The molecule has 2 atom stereocenters. The molecule has 3 N–H and O–H groups in total. The Bertz CT molecular complexity index is 970. The molecule has 140 valence electrons. The van der Waals surface area contributed by atoms with E-state index in [1.54, 1.807) is 11.0 Å². The zero-order valence-electron chi connectivity index (χ0n) is 14.7. The molecule has 0 saturated carbocycles. The number of nitrogens with one attached hydrogen (secondary N) is 1. The predicted molar refractivity (Wildman–Crippen MR) is 106 cm³/mol. The van der Waals surface area contributed by atoms with Gasteiger partial charge in [-0.2, -0.15) is 0 Å². The number of rotatable bonds is 3. The zero-order valence-corrected chi connectivity index (χ0v) is 15.5. The Balaban J connectivity index is 1.78. The van der Waals surface area contributed by atoms with Gasteiger partial charge in [0.1, 0.15) is 5.69 Å². The summed E-state index contributed by atoms with van der Waals surface area (Å²) in [4.78, 5) is 18.2. The van der Waals surface area contributed by atoms with Crippen LogP contribution in [0.1, 0.15) is 16.9 Å². The molecule has 4 rings (SSSR count). The SMILES string of the molecule is O=C(c1[nH]c2ccc(Cl)cc2c1-c1ccccc1)N1CC[C@H](CO)[C@@H](O)C1. The monoisotopic (exact) mass is 384 g/mol. The molecule has 1 aromatic heterocycles. The van der Waals surface area contributed by atoms with Gasteiger partial charge < -0.3 is 20.1 Å². The highest BCUT2D eigenvalue weighted by molar-refractivity contribution is 6.31. The molecule has 2 heterocycles. The number of nitrogens with zero attached hydrogens (tertiary/aromatic N) is 1. The van der Waals surface area contributed by atoms with Crippen molar-refractivity contribution in [1.82, 2.24) is 9.88 Å². The highest BCUT2D eigenvalue weighted by Crippen LogP contribution is 2.35. The Morgan fingerprint density at radius 3 is 2.70 bits per heavy atom. The van der Waals surface area contributed by atoms with E-state index in [0.29, 0.717) is 23.7 Å². The van der Waals surface area contributed by atoms with Gasteiger partial charge in [-0.25, -0.2) is 0 Å². The quantitative estimate of drug-likeness (QED) is 0.648. The van der Waals surface area contributed by atoms with Gasteiger partial charge in [-0.3, -0.25) is 4.79 Å². The Kier molecular flexibility index (Phi) is 4.91. The molecule has 1 aliphatic rings. The highest BCUT2D eigenvalue weighted by Gasteiger charge is 2.32. The molecule has 5 nitrogen and oxygen atoms in total. The fourth-order valence-corrected chi connectivity index (χ4v) is 3.94. The average molecular weight is 385 g/mol. The van der Waals surface area contributed by atoms with Gasteiger partial charge in [0.05, 0.1) is 6.10 Å². The predicted octanol–water partition coefficient (Wildman–Crippen LogP) is 3.30. The lowest BCUT2D eigenvalue weighted by molar-refractivity contribution is 0.000724. The van der Waals surface area contributed by atoms with Crippen LogP contribution in [-0.2, 0) is 0 Å². The van der Waals surface area contributed by atoms with Gasteiger partial charge in [0.2, 0.25) is 0 Å². The molecule has 27 heavy (non-hydrogen) atoms. The van der Waals surface area contributed by atoms with Gasteiger partial charge in [0.25, 0.3) is 5.91 Å². The average Bonchev–Trinajstić information content (AvgIpc) is 3.06. The molecule has 0 unspecified atom stereocenters. The standard InChI is InChI=1S/C21H21ClN2O3/c22-15-6-7-17-16(10-15)19(13-4-2-1-3-5-13)20(23-17)21(27)24-9-8-14(12-25)18(26)11-24/h1-7,10,14,18,23,25-26H,8-9,11-12H2/t14-,18+/m1/s1. The summed E-state index contributed by atoms with van der Waals surface area (Å²) in [6, 6.07) is 15.3. The minimum Gasteiger partial charge on any atom is -0.396 e. The van der Waals surface area contributed by atoms with Gasteiger partial charge in [-0.15, -0.1) is 0 Å². The van der Waals surface area contributed by atoms with Crippen LogP contribution in [0.3, 0.4) is 0 Å². The topological polar surface area (TPSA) is 76.6 Å². The molecule has 1 fully saturated rings. The number of amides is 1. The Hall–Kier alpha value is -2.34. The number of likely N-dealkylation sites (tertiary alicyclic amines) is 1. The van der Waals surface area contributed by atoms with E-state index in [9.17, 15) is 15.0 Å². The van der Waals surface area contributed by atoms with E-state index in [-0.39, 0.29) is 25.0 Å². The summed E-state index contributed by atoms with van der Waals surface area (Å²) in [5.41, 5.74) is 3.08. The molecule has 1 saturated heterocycles. The number of aliphatic hydroxyl groups excluding tert-OH is 2. The number of hydrogen-bond acceptors (Lipinski definition) is 3. The summed E-state index contributed by atoms with van der Waals surface area (Å²) in [5, 5.41) is 21.1. The van der Waals surface area contributed by atoms with Crippen molar-refractivity contribution in [1.29, 1.82) is 0 Å². The number of benzene rings is 2. The molecular weight excluding hydrogens is 364 g/mol. The van der Waals surface area contributed by atoms with E-state index >= 15 is 0 Å². The van der Waals surface area contributed by atoms with Crippen LogP contribution < -0.4 is 0 Å². The summed E-state index contributed by atoms with van der Waals surface area (Å²) in [5.74, 6) is -0.333. The van der Waals surface area contributed by atoms with E-state index in [1.165, 1.54) is 0 Å². The van der Waals surface area contributed by atoms with E-state index in [1.807, 2.05) is 42.5 Å². The van der Waals surface area contributed by atoms with Crippen LogP contribution in [0, 0.1) is 5.92 Å². The van der Waals surface area contributed by atoms with Gasteiger partial charge >= 0.3 is 0 Å². The van der Waals surface area contributed by atoms with Crippen LogP contribution >= 0.6 is 11.6 Å². The third-order valence-electron chi connectivity index (χ3n) is 5.28.